The maximum atomic E-state index is 13.2. The van der Waals surface area contributed by atoms with Gasteiger partial charge in [0.05, 0.1) is 5.92 Å². The van der Waals surface area contributed by atoms with Gasteiger partial charge in [-0.05, 0) is 30.2 Å². The van der Waals surface area contributed by atoms with Gasteiger partial charge in [0, 0.05) is 38.6 Å². The Balaban J connectivity index is 1.78. The third-order valence-electron chi connectivity index (χ3n) is 4.79. The average molecular weight is 323 g/mol. The highest BCUT2D eigenvalue weighted by atomic mass is 16.2. The number of piperazine rings is 1. The lowest BCUT2D eigenvalue weighted by molar-refractivity contribution is -0.134. The van der Waals surface area contributed by atoms with Gasteiger partial charge < -0.3 is 9.80 Å². The molecule has 0 radical (unpaired) electrons. The summed E-state index contributed by atoms with van der Waals surface area (Å²) < 4.78 is 0. The molecule has 1 saturated heterocycles. The zero-order valence-corrected chi connectivity index (χ0v) is 14.3. The summed E-state index contributed by atoms with van der Waals surface area (Å²) in [6.07, 6.45) is 4.33. The van der Waals surface area contributed by atoms with Crippen LogP contribution >= 0.6 is 0 Å². The highest BCUT2D eigenvalue weighted by Crippen LogP contribution is 2.24. The molecule has 3 rings (SSSR count). The van der Waals surface area contributed by atoms with Gasteiger partial charge in [-0.2, -0.15) is 0 Å². The number of benzene rings is 1. The van der Waals surface area contributed by atoms with E-state index < -0.39 is 0 Å². The first-order valence-corrected chi connectivity index (χ1v) is 8.73. The molecule has 4 nitrogen and oxygen atoms in total. The lowest BCUT2D eigenvalue weighted by atomic mass is 9.91. The van der Waals surface area contributed by atoms with Crippen LogP contribution in [0.5, 0.6) is 0 Å². The van der Waals surface area contributed by atoms with E-state index in [9.17, 15) is 4.79 Å². The number of nitrogens with zero attached hydrogens (tertiary/aromatic N) is 3. The minimum absolute atomic E-state index is 0.136. The molecule has 0 saturated carbocycles. The van der Waals surface area contributed by atoms with E-state index in [2.05, 4.69) is 28.9 Å². The molecular formula is C20H25N3O. The van der Waals surface area contributed by atoms with Crippen molar-refractivity contribution in [1.29, 1.82) is 0 Å². The van der Waals surface area contributed by atoms with Gasteiger partial charge >= 0.3 is 0 Å². The predicted octanol–water partition coefficient (Wildman–Crippen LogP) is 2.57. The summed E-state index contributed by atoms with van der Waals surface area (Å²) in [5.41, 5.74) is 2.19. The molecule has 1 unspecified atom stereocenters. The smallest absolute Gasteiger partial charge is 0.230 e. The number of aromatic nitrogens is 1. The summed E-state index contributed by atoms with van der Waals surface area (Å²) in [4.78, 5) is 21.8. The molecule has 1 aromatic heterocycles. The first-order chi connectivity index (χ1) is 11.8. The minimum atomic E-state index is -0.136. The Kier molecular flexibility index (Phi) is 5.59. The SMILES string of the molecule is CCN1CCN(C(=O)C(Cc2cccnc2)c2ccccc2)CC1. The Labute approximate surface area is 144 Å². The first-order valence-electron chi connectivity index (χ1n) is 8.73. The van der Waals surface area contributed by atoms with Crippen molar-refractivity contribution in [3.63, 3.8) is 0 Å². The predicted molar refractivity (Wildman–Crippen MR) is 95.8 cm³/mol. The Morgan fingerprint density at radius 3 is 2.46 bits per heavy atom. The molecule has 2 heterocycles. The van der Waals surface area contributed by atoms with E-state index in [1.165, 1.54) is 0 Å². The van der Waals surface area contributed by atoms with Gasteiger partial charge in [-0.1, -0.05) is 43.3 Å². The number of carbonyl (C=O) groups excluding carboxylic acids is 1. The van der Waals surface area contributed by atoms with Crippen molar-refractivity contribution in [2.45, 2.75) is 19.3 Å². The molecule has 1 aliphatic heterocycles. The first kappa shape index (κ1) is 16.7. The Hall–Kier alpha value is -2.20. The zero-order chi connectivity index (χ0) is 16.8. The topological polar surface area (TPSA) is 36.4 Å². The van der Waals surface area contributed by atoms with E-state index in [0.29, 0.717) is 6.42 Å². The number of carbonyl (C=O) groups is 1. The molecule has 4 heteroatoms. The number of hydrogen-bond acceptors (Lipinski definition) is 3. The van der Waals surface area contributed by atoms with Crippen LogP contribution in [-0.2, 0) is 11.2 Å². The second-order valence-corrected chi connectivity index (χ2v) is 6.29. The van der Waals surface area contributed by atoms with Crippen molar-refractivity contribution in [2.24, 2.45) is 0 Å². The summed E-state index contributed by atoms with van der Waals surface area (Å²) in [6, 6.07) is 14.1. The average Bonchev–Trinajstić information content (AvgIpc) is 2.67. The van der Waals surface area contributed by atoms with Gasteiger partial charge in [0.1, 0.15) is 0 Å². The normalized spacial score (nSPS) is 16.8. The van der Waals surface area contributed by atoms with Crippen LogP contribution < -0.4 is 0 Å². The van der Waals surface area contributed by atoms with Crippen molar-refractivity contribution >= 4 is 5.91 Å². The summed E-state index contributed by atoms with van der Waals surface area (Å²) in [6.45, 7) is 6.81. The van der Waals surface area contributed by atoms with E-state index >= 15 is 0 Å². The van der Waals surface area contributed by atoms with Crippen LogP contribution in [0.15, 0.2) is 54.9 Å². The molecular weight excluding hydrogens is 298 g/mol. The van der Waals surface area contributed by atoms with E-state index in [1.54, 1.807) is 6.20 Å². The quantitative estimate of drug-likeness (QED) is 0.848. The van der Waals surface area contributed by atoms with Gasteiger partial charge in [-0.25, -0.2) is 0 Å². The van der Waals surface area contributed by atoms with Crippen LogP contribution in [0.4, 0.5) is 0 Å². The van der Waals surface area contributed by atoms with E-state index in [4.69, 9.17) is 0 Å². The van der Waals surface area contributed by atoms with Gasteiger partial charge in [0.15, 0.2) is 0 Å². The lowest BCUT2D eigenvalue weighted by Gasteiger charge is -2.36. The molecule has 0 bridgehead atoms. The number of amides is 1. The third-order valence-corrected chi connectivity index (χ3v) is 4.79. The Bertz CT molecular complexity index is 636. The molecule has 126 valence electrons. The lowest BCUT2D eigenvalue weighted by Crippen LogP contribution is -2.50. The summed E-state index contributed by atoms with van der Waals surface area (Å²) in [5.74, 6) is 0.101. The van der Waals surface area contributed by atoms with Crippen molar-refractivity contribution in [3.8, 4) is 0 Å². The second-order valence-electron chi connectivity index (χ2n) is 6.29. The number of hydrogen-bond donors (Lipinski definition) is 0. The van der Waals surface area contributed by atoms with Crippen LogP contribution in [0.1, 0.15) is 24.0 Å². The maximum Gasteiger partial charge on any atom is 0.230 e. The molecule has 1 aliphatic rings. The second kappa shape index (κ2) is 8.06. The summed E-state index contributed by atoms with van der Waals surface area (Å²) in [7, 11) is 0. The Morgan fingerprint density at radius 1 is 1.08 bits per heavy atom. The fraction of sp³-hybridized carbons (Fsp3) is 0.400. The summed E-state index contributed by atoms with van der Waals surface area (Å²) >= 11 is 0. The largest absolute Gasteiger partial charge is 0.340 e. The van der Waals surface area contributed by atoms with Gasteiger partial charge in [0.25, 0.3) is 0 Å². The number of pyridine rings is 1. The fourth-order valence-corrected chi connectivity index (χ4v) is 3.29. The molecule has 1 fully saturated rings. The summed E-state index contributed by atoms with van der Waals surface area (Å²) in [5, 5.41) is 0. The van der Waals surface area contributed by atoms with Crippen LogP contribution in [0.25, 0.3) is 0 Å². The Morgan fingerprint density at radius 2 is 1.83 bits per heavy atom. The number of likely N-dealkylation sites (N-methyl/N-ethyl adjacent to an activating group) is 1. The molecule has 1 amide bonds. The minimum Gasteiger partial charge on any atom is -0.340 e. The standard InChI is InChI=1S/C20H25N3O/c1-2-22-11-13-23(14-12-22)20(24)19(18-8-4-3-5-9-18)15-17-7-6-10-21-16-17/h3-10,16,19H,2,11-15H2,1H3. The van der Waals surface area contributed by atoms with Crippen LogP contribution in [-0.4, -0.2) is 53.4 Å². The monoisotopic (exact) mass is 323 g/mol. The van der Waals surface area contributed by atoms with Crippen LogP contribution in [0.3, 0.4) is 0 Å². The van der Waals surface area contributed by atoms with Crippen molar-refractivity contribution < 1.29 is 4.79 Å². The molecule has 0 spiro atoms. The van der Waals surface area contributed by atoms with Crippen molar-refractivity contribution in [1.82, 2.24) is 14.8 Å². The maximum absolute atomic E-state index is 13.2. The van der Waals surface area contributed by atoms with E-state index in [0.717, 1.165) is 43.9 Å². The van der Waals surface area contributed by atoms with E-state index in [1.807, 2.05) is 41.4 Å². The van der Waals surface area contributed by atoms with Gasteiger partial charge in [0.2, 0.25) is 5.91 Å². The van der Waals surface area contributed by atoms with Gasteiger partial charge in [-0.3, -0.25) is 9.78 Å². The van der Waals surface area contributed by atoms with Gasteiger partial charge in [-0.15, -0.1) is 0 Å². The fourth-order valence-electron chi connectivity index (χ4n) is 3.29. The molecule has 24 heavy (non-hydrogen) atoms. The molecule has 0 aliphatic carbocycles. The van der Waals surface area contributed by atoms with E-state index in [-0.39, 0.29) is 11.8 Å². The van der Waals surface area contributed by atoms with Crippen LogP contribution in [0.2, 0.25) is 0 Å². The zero-order valence-electron chi connectivity index (χ0n) is 14.3. The highest BCUT2D eigenvalue weighted by Gasteiger charge is 2.28. The number of rotatable bonds is 5. The van der Waals surface area contributed by atoms with Crippen molar-refractivity contribution in [3.05, 3.63) is 66.0 Å². The molecule has 0 N–H and O–H groups in total. The molecule has 2 aromatic rings. The highest BCUT2D eigenvalue weighted by molar-refractivity contribution is 5.84. The third kappa shape index (κ3) is 4.01. The molecule has 1 atom stereocenters. The van der Waals surface area contributed by atoms with Crippen molar-refractivity contribution in [2.75, 3.05) is 32.7 Å². The van der Waals surface area contributed by atoms with Crippen LogP contribution in [0, 0.1) is 0 Å². The molecule has 1 aromatic carbocycles.